The van der Waals surface area contributed by atoms with E-state index in [1.54, 1.807) is 6.92 Å². The maximum atomic E-state index is 14.2. The van der Waals surface area contributed by atoms with Crippen molar-refractivity contribution in [2.45, 2.75) is 50.9 Å². The van der Waals surface area contributed by atoms with Crippen molar-refractivity contribution in [2.24, 2.45) is 0 Å². The second kappa shape index (κ2) is 5.04. The predicted octanol–water partition coefficient (Wildman–Crippen LogP) is 3.91. The van der Waals surface area contributed by atoms with Gasteiger partial charge in [0.15, 0.2) is 12.4 Å². The minimum absolute atomic E-state index is 0.0795. The van der Waals surface area contributed by atoms with Crippen molar-refractivity contribution in [1.82, 2.24) is 0 Å². The maximum absolute atomic E-state index is 14.2. The lowest BCUT2D eigenvalue weighted by atomic mass is 10.0. The van der Waals surface area contributed by atoms with Gasteiger partial charge in [0.05, 0.1) is 0 Å². The SMILES string of the molecule is Cc1ccc(F)c2c1C(OC1CCCCO1)C(F)(F)C2. The fraction of sp³-hybridized carbons (Fsp3) is 0.600. The number of ether oxygens (including phenoxy) is 2. The zero-order valence-corrected chi connectivity index (χ0v) is 11.3. The van der Waals surface area contributed by atoms with Crippen LogP contribution in [-0.4, -0.2) is 18.8 Å². The van der Waals surface area contributed by atoms with Gasteiger partial charge in [-0.25, -0.2) is 13.2 Å². The van der Waals surface area contributed by atoms with Crippen molar-refractivity contribution in [3.8, 4) is 0 Å². The number of benzene rings is 1. The lowest BCUT2D eigenvalue weighted by molar-refractivity contribution is -0.236. The Kier molecular flexibility index (Phi) is 3.50. The fourth-order valence-corrected chi connectivity index (χ4v) is 2.98. The van der Waals surface area contributed by atoms with E-state index in [4.69, 9.17) is 9.47 Å². The molecule has 0 spiro atoms. The van der Waals surface area contributed by atoms with Crippen molar-refractivity contribution in [2.75, 3.05) is 6.61 Å². The van der Waals surface area contributed by atoms with Crippen molar-refractivity contribution in [3.05, 3.63) is 34.6 Å². The molecule has 3 rings (SSSR count). The Bertz CT molecular complexity index is 510. The lowest BCUT2D eigenvalue weighted by Gasteiger charge is -2.29. The molecule has 2 aliphatic rings. The van der Waals surface area contributed by atoms with Crippen LogP contribution in [-0.2, 0) is 15.9 Å². The normalized spacial score (nSPS) is 28.4. The first-order valence-electron chi connectivity index (χ1n) is 6.92. The van der Waals surface area contributed by atoms with Gasteiger partial charge in [-0.1, -0.05) is 6.07 Å². The highest BCUT2D eigenvalue weighted by Gasteiger charge is 2.51. The summed E-state index contributed by atoms with van der Waals surface area (Å²) in [6.07, 6.45) is -0.198. The summed E-state index contributed by atoms with van der Waals surface area (Å²) in [6, 6.07) is 2.76. The van der Waals surface area contributed by atoms with Gasteiger partial charge in [0.1, 0.15) is 5.82 Å². The molecule has 0 radical (unpaired) electrons. The van der Waals surface area contributed by atoms with Crippen LogP contribution in [0.25, 0.3) is 0 Å². The minimum atomic E-state index is -3.09. The van der Waals surface area contributed by atoms with Crippen molar-refractivity contribution in [3.63, 3.8) is 0 Å². The van der Waals surface area contributed by atoms with Crippen LogP contribution in [0.5, 0.6) is 0 Å². The molecule has 2 unspecified atom stereocenters. The molecule has 110 valence electrons. The van der Waals surface area contributed by atoms with Crippen LogP contribution < -0.4 is 0 Å². The summed E-state index contributed by atoms with van der Waals surface area (Å²) < 4.78 is 52.9. The number of rotatable bonds is 2. The largest absolute Gasteiger partial charge is 0.353 e. The average Bonchev–Trinajstić information content (AvgIpc) is 2.69. The molecule has 0 amide bonds. The highest BCUT2D eigenvalue weighted by atomic mass is 19.3. The lowest BCUT2D eigenvalue weighted by Crippen LogP contribution is -2.31. The summed E-state index contributed by atoms with van der Waals surface area (Å²) in [7, 11) is 0. The van der Waals surface area contributed by atoms with Crippen molar-refractivity contribution in [1.29, 1.82) is 0 Å². The molecule has 1 saturated heterocycles. The molecule has 20 heavy (non-hydrogen) atoms. The first kappa shape index (κ1) is 13.9. The van der Waals surface area contributed by atoms with Crippen LogP contribution in [0.15, 0.2) is 12.1 Å². The van der Waals surface area contributed by atoms with Gasteiger partial charge in [-0.3, -0.25) is 0 Å². The van der Waals surface area contributed by atoms with Gasteiger partial charge in [0.25, 0.3) is 5.92 Å². The van der Waals surface area contributed by atoms with Crippen LogP contribution in [0.3, 0.4) is 0 Å². The quantitative estimate of drug-likeness (QED) is 0.820. The van der Waals surface area contributed by atoms with E-state index in [0.29, 0.717) is 24.2 Å². The summed E-state index contributed by atoms with van der Waals surface area (Å²) in [5.74, 6) is -3.67. The molecule has 1 heterocycles. The monoisotopic (exact) mass is 286 g/mol. The summed E-state index contributed by atoms with van der Waals surface area (Å²) in [6.45, 7) is 2.23. The predicted molar refractivity (Wildman–Crippen MR) is 67.2 cm³/mol. The molecule has 0 bridgehead atoms. The van der Waals surface area contributed by atoms with Gasteiger partial charge in [0.2, 0.25) is 0 Å². The zero-order valence-electron chi connectivity index (χ0n) is 11.3. The molecule has 2 nitrogen and oxygen atoms in total. The molecule has 0 aromatic heterocycles. The molecule has 5 heteroatoms. The molecule has 1 aliphatic carbocycles. The molecule has 1 aromatic carbocycles. The summed E-state index contributed by atoms with van der Waals surface area (Å²) >= 11 is 0. The zero-order chi connectivity index (χ0) is 14.3. The summed E-state index contributed by atoms with van der Waals surface area (Å²) in [4.78, 5) is 0. The topological polar surface area (TPSA) is 18.5 Å². The first-order valence-corrected chi connectivity index (χ1v) is 6.92. The van der Waals surface area contributed by atoms with Gasteiger partial charge in [-0.2, -0.15) is 0 Å². The highest BCUT2D eigenvalue weighted by molar-refractivity contribution is 5.43. The van der Waals surface area contributed by atoms with Crippen LogP contribution >= 0.6 is 0 Å². The number of alkyl halides is 2. The van der Waals surface area contributed by atoms with Gasteiger partial charge in [-0.15, -0.1) is 0 Å². The Balaban J connectivity index is 1.92. The molecule has 0 N–H and O–H groups in total. The number of aryl methyl sites for hydroxylation is 1. The average molecular weight is 286 g/mol. The van der Waals surface area contributed by atoms with E-state index in [-0.39, 0.29) is 5.56 Å². The Labute approximate surface area is 115 Å². The van der Waals surface area contributed by atoms with Crippen molar-refractivity contribution >= 4 is 0 Å². The smallest absolute Gasteiger partial charge is 0.282 e. The summed E-state index contributed by atoms with van der Waals surface area (Å²) in [5.41, 5.74) is 1.01. The number of fused-ring (bicyclic) bond motifs is 1. The van der Waals surface area contributed by atoms with E-state index in [0.717, 1.165) is 12.8 Å². The van der Waals surface area contributed by atoms with Crippen LogP contribution in [0.4, 0.5) is 13.2 Å². The van der Waals surface area contributed by atoms with Crippen LogP contribution in [0.2, 0.25) is 0 Å². The van der Waals surface area contributed by atoms with Crippen LogP contribution in [0, 0.1) is 12.7 Å². The number of halogens is 3. The third-order valence-corrected chi connectivity index (χ3v) is 4.00. The van der Waals surface area contributed by atoms with Gasteiger partial charge < -0.3 is 9.47 Å². The van der Waals surface area contributed by atoms with Gasteiger partial charge in [-0.05, 0) is 43.4 Å². The standard InChI is InChI=1S/C15H17F3O2/c1-9-5-6-11(16)10-8-15(17,18)14(13(9)10)20-12-4-2-3-7-19-12/h5-6,12,14H,2-4,7-8H2,1H3. The van der Waals surface area contributed by atoms with E-state index >= 15 is 0 Å². The molecule has 2 atom stereocenters. The fourth-order valence-electron chi connectivity index (χ4n) is 2.98. The number of hydrogen-bond acceptors (Lipinski definition) is 2. The first-order chi connectivity index (χ1) is 9.49. The third-order valence-electron chi connectivity index (χ3n) is 4.00. The minimum Gasteiger partial charge on any atom is -0.353 e. The second-order valence-corrected chi connectivity index (χ2v) is 5.51. The Morgan fingerprint density at radius 1 is 1.30 bits per heavy atom. The molecule has 1 fully saturated rings. The Morgan fingerprint density at radius 3 is 2.80 bits per heavy atom. The molecule has 1 aliphatic heterocycles. The molecule has 0 saturated carbocycles. The highest BCUT2D eigenvalue weighted by Crippen LogP contribution is 2.48. The van der Waals surface area contributed by atoms with E-state index in [2.05, 4.69) is 0 Å². The van der Waals surface area contributed by atoms with Crippen molar-refractivity contribution < 1.29 is 22.6 Å². The van der Waals surface area contributed by atoms with Gasteiger partial charge >= 0.3 is 0 Å². The molecular formula is C15H17F3O2. The number of hydrogen-bond donors (Lipinski definition) is 0. The van der Waals surface area contributed by atoms with E-state index in [1.807, 2.05) is 0 Å². The van der Waals surface area contributed by atoms with Gasteiger partial charge in [0, 0.05) is 18.6 Å². The molecule has 1 aromatic rings. The van der Waals surface area contributed by atoms with E-state index in [1.165, 1.54) is 12.1 Å². The second-order valence-electron chi connectivity index (χ2n) is 5.51. The third kappa shape index (κ3) is 2.33. The van der Waals surface area contributed by atoms with E-state index < -0.39 is 30.6 Å². The molecular weight excluding hydrogens is 269 g/mol. The Hall–Kier alpha value is -1.07. The summed E-state index contributed by atoms with van der Waals surface area (Å²) in [5, 5.41) is 0. The Morgan fingerprint density at radius 2 is 2.10 bits per heavy atom. The van der Waals surface area contributed by atoms with Crippen LogP contribution in [0.1, 0.15) is 42.1 Å². The van der Waals surface area contributed by atoms with E-state index in [9.17, 15) is 13.2 Å². The maximum Gasteiger partial charge on any atom is 0.282 e.